The van der Waals surface area contributed by atoms with Gasteiger partial charge in [0.2, 0.25) is 5.91 Å². The SMILES string of the molecule is C[C@H](c1ccccc1)N(CC(N)=O)Cc1cn(CC#N)nn1. The second-order valence-electron chi connectivity index (χ2n) is 5.02. The number of hydrogen-bond donors (Lipinski definition) is 1. The van der Waals surface area contributed by atoms with Crippen LogP contribution in [0.3, 0.4) is 0 Å². The topological polar surface area (TPSA) is 101 Å². The summed E-state index contributed by atoms with van der Waals surface area (Å²) in [7, 11) is 0. The number of nitrogens with two attached hydrogens (primary N) is 1. The molecule has 0 fully saturated rings. The van der Waals surface area contributed by atoms with Gasteiger partial charge in [0.25, 0.3) is 0 Å². The monoisotopic (exact) mass is 298 g/mol. The lowest BCUT2D eigenvalue weighted by Crippen LogP contribution is -2.35. The van der Waals surface area contributed by atoms with E-state index < -0.39 is 5.91 Å². The Morgan fingerprint density at radius 3 is 2.82 bits per heavy atom. The van der Waals surface area contributed by atoms with Gasteiger partial charge in [-0.25, -0.2) is 4.68 Å². The smallest absolute Gasteiger partial charge is 0.231 e. The van der Waals surface area contributed by atoms with Crippen LogP contribution in [0.15, 0.2) is 36.5 Å². The van der Waals surface area contributed by atoms with Crippen molar-refractivity contribution in [3.05, 3.63) is 47.8 Å². The van der Waals surface area contributed by atoms with Crippen molar-refractivity contribution in [2.45, 2.75) is 26.1 Å². The Balaban J connectivity index is 2.15. The molecule has 22 heavy (non-hydrogen) atoms. The third kappa shape index (κ3) is 4.14. The zero-order valence-electron chi connectivity index (χ0n) is 12.4. The van der Waals surface area contributed by atoms with Crippen molar-refractivity contribution >= 4 is 5.91 Å². The van der Waals surface area contributed by atoms with E-state index in [9.17, 15) is 4.79 Å². The van der Waals surface area contributed by atoms with Gasteiger partial charge >= 0.3 is 0 Å². The van der Waals surface area contributed by atoms with Gasteiger partial charge in [0, 0.05) is 12.6 Å². The number of amides is 1. The maximum atomic E-state index is 11.3. The quantitative estimate of drug-likeness (QED) is 0.816. The molecule has 2 aromatic rings. The summed E-state index contributed by atoms with van der Waals surface area (Å²) in [5.41, 5.74) is 7.14. The van der Waals surface area contributed by atoms with Crippen LogP contribution in [-0.2, 0) is 17.9 Å². The number of primary amides is 1. The fraction of sp³-hybridized carbons (Fsp3) is 0.333. The number of carbonyl (C=O) groups is 1. The number of carbonyl (C=O) groups excluding carboxylic acids is 1. The summed E-state index contributed by atoms with van der Waals surface area (Å²) in [5.74, 6) is -0.396. The Bertz CT molecular complexity index is 660. The molecule has 1 heterocycles. The van der Waals surface area contributed by atoms with Gasteiger partial charge < -0.3 is 5.73 Å². The zero-order valence-corrected chi connectivity index (χ0v) is 12.4. The van der Waals surface area contributed by atoms with Crippen LogP contribution in [0.5, 0.6) is 0 Å². The van der Waals surface area contributed by atoms with E-state index in [2.05, 4.69) is 10.3 Å². The van der Waals surface area contributed by atoms with E-state index in [1.807, 2.05) is 48.2 Å². The van der Waals surface area contributed by atoms with E-state index in [0.29, 0.717) is 12.2 Å². The molecular formula is C15H18N6O. The van der Waals surface area contributed by atoms with Gasteiger partial charge in [-0.1, -0.05) is 35.5 Å². The molecule has 1 aromatic heterocycles. The molecule has 0 aliphatic heterocycles. The number of nitriles is 1. The molecule has 0 radical (unpaired) electrons. The first-order valence-electron chi connectivity index (χ1n) is 6.93. The van der Waals surface area contributed by atoms with Crippen molar-refractivity contribution in [2.75, 3.05) is 6.54 Å². The Kier molecular flexibility index (Phi) is 5.22. The van der Waals surface area contributed by atoms with Crippen LogP contribution in [0, 0.1) is 11.3 Å². The van der Waals surface area contributed by atoms with Crippen molar-refractivity contribution in [1.82, 2.24) is 19.9 Å². The van der Waals surface area contributed by atoms with Crippen LogP contribution in [0.4, 0.5) is 0 Å². The Hall–Kier alpha value is -2.72. The summed E-state index contributed by atoms with van der Waals surface area (Å²) >= 11 is 0. The minimum Gasteiger partial charge on any atom is -0.369 e. The van der Waals surface area contributed by atoms with Crippen molar-refractivity contribution < 1.29 is 4.79 Å². The maximum absolute atomic E-state index is 11.3. The third-order valence-corrected chi connectivity index (χ3v) is 3.37. The standard InChI is InChI=1S/C15H18N6O/c1-12(13-5-3-2-4-6-13)20(11-15(17)22)9-14-10-21(8-7-16)19-18-14/h2-6,10,12H,8-9,11H2,1H3,(H2,17,22)/t12-/m1/s1. The van der Waals surface area contributed by atoms with Gasteiger partial charge in [-0.05, 0) is 12.5 Å². The maximum Gasteiger partial charge on any atom is 0.231 e. The van der Waals surface area contributed by atoms with Crippen LogP contribution in [0.25, 0.3) is 0 Å². The summed E-state index contributed by atoms with van der Waals surface area (Å²) < 4.78 is 1.46. The lowest BCUT2D eigenvalue weighted by molar-refractivity contribution is -0.119. The van der Waals surface area contributed by atoms with Crippen LogP contribution in [0.1, 0.15) is 24.2 Å². The molecule has 0 saturated carbocycles. The van der Waals surface area contributed by atoms with Crippen molar-refractivity contribution in [3.8, 4) is 6.07 Å². The molecule has 114 valence electrons. The third-order valence-electron chi connectivity index (χ3n) is 3.37. The minimum absolute atomic E-state index is 0.00909. The van der Waals surface area contributed by atoms with Gasteiger partial charge in [-0.2, -0.15) is 5.26 Å². The number of nitrogens with zero attached hydrogens (tertiary/aromatic N) is 5. The summed E-state index contributed by atoms with van der Waals surface area (Å²) in [4.78, 5) is 13.3. The molecule has 0 bridgehead atoms. The molecule has 1 amide bonds. The van der Waals surface area contributed by atoms with E-state index in [1.54, 1.807) is 6.20 Å². The fourth-order valence-corrected chi connectivity index (χ4v) is 2.24. The minimum atomic E-state index is -0.396. The van der Waals surface area contributed by atoms with Gasteiger partial charge in [0.1, 0.15) is 6.54 Å². The van der Waals surface area contributed by atoms with E-state index in [1.165, 1.54) is 4.68 Å². The van der Waals surface area contributed by atoms with Crippen LogP contribution < -0.4 is 5.73 Å². The molecule has 0 saturated heterocycles. The van der Waals surface area contributed by atoms with Crippen LogP contribution >= 0.6 is 0 Å². The molecule has 2 N–H and O–H groups in total. The summed E-state index contributed by atoms with van der Waals surface area (Å²) in [6, 6.07) is 11.9. The van der Waals surface area contributed by atoms with Gasteiger partial charge in [-0.3, -0.25) is 9.69 Å². The molecule has 0 aliphatic carbocycles. The number of rotatable bonds is 7. The van der Waals surface area contributed by atoms with Gasteiger partial charge in [-0.15, -0.1) is 5.10 Å². The van der Waals surface area contributed by atoms with Crippen LogP contribution in [0.2, 0.25) is 0 Å². The average molecular weight is 298 g/mol. The predicted molar refractivity (Wildman–Crippen MR) is 80.1 cm³/mol. The molecule has 7 heteroatoms. The van der Waals surface area contributed by atoms with Crippen molar-refractivity contribution in [1.29, 1.82) is 5.26 Å². The van der Waals surface area contributed by atoms with E-state index in [-0.39, 0.29) is 19.1 Å². The van der Waals surface area contributed by atoms with E-state index in [4.69, 9.17) is 11.0 Å². The largest absolute Gasteiger partial charge is 0.369 e. The van der Waals surface area contributed by atoms with E-state index >= 15 is 0 Å². The molecule has 1 atom stereocenters. The zero-order chi connectivity index (χ0) is 15.9. The lowest BCUT2D eigenvalue weighted by Gasteiger charge is -2.27. The Labute approximate surface area is 128 Å². The average Bonchev–Trinajstić information content (AvgIpc) is 2.94. The highest BCUT2D eigenvalue weighted by molar-refractivity contribution is 5.76. The normalized spacial score (nSPS) is 12.0. The molecule has 1 aromatic carbocycles. The first-order chi connectivity index (χ1) is 10.6. The van der Waals surface area contributed by atoms with Crippen molar-refractivity contribution in [2.24, 2.45) is 5.73 Å². The highest BCUT2D eigenvalue weighted by Gasteiger charge is 2.19. The second-order valence-corrected chi connectivity index (χ2v) is 5.02. The summed E-state index contributed by atoms with van der Waals surface area (Å²) in [6.07, 6.45) is 1.70. The van der Waals surface area contributed by atoms with Gasteiger partial charge in [0.15, 0.2) is 0 Å². The molecule has 0 spiro atoms. The Morgan fingerprint density at radius 1 is 1.45 bits per heavy atom. The van der Waals surface area contributed by atoms with Crippen molar-refractivity contribution in [3.63, 3.8) is 0 Å². The van der Waals surface area contributed by atoms with E-state index in [0.717, 1.165) is 5.56 Å². The first-order valence-corrected chi connectivity index (χ1v) is 6.93. The van der Waals surface area contributed by atoms with Gasteiger partial charge in [0.05, 0.1) is 24.5 Å². The van der Waals surface area contributed by atoms with Crippen LogP contribution in [-0.4, -0.2) is 32.3 Å². The highest BCUT2D eigenvalue weighted by Crippen LogP contribution is 2.21. The number of aromatic nitrogens is 3. The number of hydrogen-bond acceptors (Lipinski definition) is 5. The number of benzene rings is 1. The molecule has 2 rings (SSSR count). The predicted octanol–water partition coefficient (Wildman–Crippen LogP) is 0.850. The summed E-state index contributed by atoms with van der Waals surface area (Å²) in [5, 5.41) is 16.6. The molecular weight excluding hydrogens is 280 g/mol. The molecule has 7 nitrogen and oxygen atoms in total. The molecule has 0 aliphatic rings. The highest BCUT2D eigenvalue weighted by atomic mass is 16.1. The summed E-state index contributed by atoms with van der Waals surface area (Å²) in [6.45, 7) is 2.72. The molecule has 0 unspecified atom stereocenters. The fourth-order valence-electron chi connectivity index (χ4n) is 2.24. The lowest BCUT2D eigenvalue weighted by atomic mass is 10.1. The Morgan fingerprint density at radius 2 is 2.18 bits per heavy atom. The second kappa shape index (κ2) is 7.33. The first kappa shape index (κ1) is 15.7.